The maximum Gasteiger partial charge on any atom is 0.0543 e. The third-order valence-electron chi connectivity index (χ3n) is 3.37. The molecular weight excluding hydrogens is 266 g/mol. The smallest absolute Gasteiger partial charge is 0.0543 e. The van der Waals surface area contributed by atoms with Crippen LogP contribution in [0.2, 0.25) is 0 Å². The number of rotatable bonds is 5. The minimum Gasteiger partial charge on any atom is -0.305 e. The van der Waals surface area contributed by atoms with Gasteiger partial charge < -0.3 is 5.32 Å². The van der Waals surface area contributed by atoms with E-state index in [1.165, 1.54) is 10.4 Å². The molecule has 1 atom stereocenters. The first-order valence-electron chi connectivity index (χ1n) is 7.19. The molecule has 0 fully saturated rings. The third-order valence-corrected chi connectivity index (χ3v) is 4.32. The lowest BCUT2D eigenvalue weighted by Gasteiger charge is -2.21. The zero-order valence-electron chi connectivity index (χ0n) is 13.1. The van der Waals surface area contributed by atoms with E-state index >= 15 is 0 Å². The average molecular weight is 291 g/mol. The van der Waals surface area contributed by atoms with Crippen molar-refractivity contribution >= 4 is 11.3 Å². The predicted molar refractivity (Wildman–Crippen MR) is 86.0 cm³/mol. The van der Waals surface area contributed by atoms with Gasteiger partial charge in [0.2, 0.25) is 0 Å². The van der Waals surface area contributed by atoms with Crippen molar-refractivity contribution in [1.82, 2.24) is 15.1 Å². The highest BCUT2D eigenvalue weighted by molar-refractivity contribution is 7.10. The van der Waals surface area contributed by atoms with Crippen LogP contribution in [0.1, 0.15) is 51.1 Å². The molecule has 110 valence electrons. The lowest BCUT2D eigenvalue weighted by molar-refractivity contribution is 0.355. The Morgan fingerprint density at radius 3 is 2.60 bits per heavy atom. The number of aromatic nitrogens is 2. The molecule has 3 nitrogen and oxygen atoms in total. The summed E-state index contributed by atoms with van der Waals surface area (Å²) in [6.45, 7) is 11.9. The number of nitrogens with one attached hydrogen (secondary N) is 1. The minimum atomic E-state index is 0.0451. The van der Waals surface area contributed by atoms with Crippen LogP contribution in [0.4, 0.5) is 0 Å². The number of nitrogens with zero attached hydrogens (tertiary/aromatic N) is 2. The zero-order valence-corrected chi connectivity index (χ0v) is 13.9. The molecule has 2 aromatic rings. The zero-order chi connectivity index (χ0) is 14.8. The van der Waals surface area contributed by atoms with E-state index in [9.17, 15) is 0 Å². The van der Waals surface area contributed by atoms with Crippen molar-refractivity contribution in [3.8, 4) is 0 Å². The number of hydrogen-bond acceptors (Lipinski definition) is 3. The molecular formula is C16H25N3S. The molecule has 2 heterocycles. The van der Waals surface area contributed by atoms with Crippen molar-refractivity contribution in [3.05, 3.63) is 40.3 Å². The summed E-state index contributed by atoms with van der Waals surface area (Å²) in [6.07, 6.45) is 4.10. The Bertz CT molecular complexity index is 520. The molecule has 2 rings (SSSR count). The first-order valence-corrected chi connectivity index (χ1v) is 8.06. The summed E-state index contributed by atoms with van der Waals surface area (Å²) >= 11 is 1.82. The van der Waals surface area contributed by atoms with Crippen LogP contribution >= 0.6 is 11.3 Å². The van der Waals surface area contributed by atoms with Gasteiger partial charge in [0.05, 0.1) is 11.7 Å². The summed E-state index contributed by atoms with van der Waals surface area (Å²) in [4.78, 5) is 1.41. The van der Waals surface area contributed by atoms with Crippen LogP contribution in [-0.2, 0) is 12.1 Å². The van der Waals surface area contributed by atoms with Gasteiger partial charge in [0.15, 0.2) is 0 Å². The van der Waals surface area contributed by atoms with E-state index in [0.717, 1.165) is 6.54 Å². The Hall–Kier alpha value is -1.13. The average Bonchev–Trinajstić information content (AvgIpc) is 2.97. The van der Waals surface area contributed by atoms with E-state index in [2.05, 4.69) is 68.7 Å². The molecule has 0 aliphatic carbocycles. The van der Waals surface area contributed by atoms with Crippen LogP contribution < -0.4 is 5.32 Å². The van der Waals surface area contributed by atoms with Gasteiger partial charge in [-0.2, -0.15) is 5.10 Å². The van der Waals surface area contributed by atoms with Gasteiger partial charge in [-0.15, -0.1) is 11.3 Å². The summed E-state index contributed by atoms with van der Waals surface area (Å²) in [5.74, 6) is 0.575. The molecule has 2 aromatic heterocycles. The molecule has 0 radical (unpaired) electrons. The second-order valence-corrected chi connectivity index (χ2v) is 7.56. The van der Waals surface area contributed by atoms with Gasteiger partial charge in [-0.05, 0) is 38.1 Å². The molecule has 20 heavy (non-hydrogen) atoms. The number of hydrogen-bond donors (Lipinski definition) is 1. The standard InChI is InChI=1S/C16H25N3S/c1-12(2)15(14-7-6-8-20-14)17-9-13-10-18-19(11-13)16(3,4)5/h6-8,10-12,15,17H,9H2,1-5H3. The molecule has 1 unspecified atom stereocenters. The molecule has 1 N–H and O–H groups in total. The van der Waals surface area contributed by atoms with Crippen molar-refractivity contribution in [2.75, 3.05) is 0 Å². The summed E-state index contributed by atoms with van der Waals surface area (Å²) in [7, 11) is 0. The normalized spacial score (nSPS) is 13.9. The first-order chi connectivity index (χ1) is 9.38. The van der Waals surface area contributed by atoms with Crippen LogP contribution in [-0.4, -0.2) is 9.78 Å². The summed E-state index contributed by atoms with van der Waals surface area (Å²) in [5, 5.41) is 10.3. The fraction of sp³-hybridized carbons (Fsp3) is 0.562. The van der Waals surface area contributed by atoms with E-state index in [4.69, 9.17) is 0 Å². The van der Waals surface area contributed by atoms with Gasteiger partial charge in [-0.25, -0.2) is 0 Å². The van der Waals surface area contributed by atoms with Gasteiger partial charge in [0.25, 0.3) is 0 Å². The first kappa shape index (κ1) is 15.3. The molecule has 0 aliphatic rings. The molecule has 0 amide bonds. The van der Waals surface area contributed by atoms with Crippen LogP contribution in [0.5, 0.6) is 0 Å². The van der Waals surface area contributed by atoms with E-state index < -0.39 is 0 Å². The largest absolute Gasteiger partial charge is 0.305 e. The molecule has 0 aromatic carbocycles. The van der Waals surface area contributed by atoms with E-state index in [-0.39, 0.29) is 5.54 Å². The van der Waals surface area contributed by atoms with Crippen LogP contribution in [0.15, 0.2) is 29.9 Å². The minimum absolute atomic E-state index is 0.0451. The maximum absolute atomic E-state index is 4.45. The van der Waals surface area contributed by atoms with Gasteiger partial charge >= 0.3 is 0 Å². The SMILES string of the molecule is CC(C)C(NCc1cnn(C(C)(C)C)c1)c1cccs1. The van der Waals surface area contributed by atoms with Gasteiger partial charge in [0.1, 0.15) is 0 Å². The highest BCUT2D eigenvalue weighted by Crippen LogP contribution is 2.26. The summed E-state index contributed by atoms with van der Waals surface area (Å²) in [5.41, 5.74) is 1.28. The second-order valence-electron chi connectivity index (χ2n) is 6.58. The van der Waals surface area contributed by atoms with Crippen molar-refractivity contribution in [2.45, 2.75) is 52.7 Å². The summed E-state index contributed by atoms with van der Waals surface area (Å²) in [6, 6.07) is 4.74. The lowest BCUT2D eigenvalue weighted by Crippen LogP contribution is -2.24. The highest BCUT2D eigenvalue weighted by atomic mass is 32.1. The Kier molecular flexibility index (Phi) is 4.66. The Morgan fingerprint density at radius 2 is 2.10 bits per heavy atom. The van der Waals surface area contributed by atoms with Crippen molar-refractivity contribution in [1.29, 1.82) is 0 Å². The molecule has 0 saturated carbocycles. The Morgan fingerprint density at radius 1 is 1.35 bits per heavy atom. The van der Waals surface area contributed by atoms with Crippen LogP contribution in [0, 0.1) is 5.92 Å². The third kappa shape index (κ3) is 3.70. The molecule has 0 aliphatic heterocycles. The van der Waals surface area contributed by atoms with E-state index in [1.807, 2.05) is 22.2 Å². The topological polar surface area (TPSA) is 29.9 Å². The van der Waals surface area contributed by atoms with Gasteiger partial charge in [0, 0.05) is 29.2 Å². The summed E-state index contributed by atoms with van der Waals surface area (Å²) < 4.78 is 2.03. The molecule has 4 heteroatoms. The van der Waals surface area contributed by atoms with Gasteiger partial charge in [-0.3, -0.25) is 4.68 Å². The number of thiophene rings is 1. The molecule has 0 spiro atoms. The predicted octanol–water partition coefficient (Wildman–Crippen LogP) is 4.19. The van der Waals surface area contributed by atoms with Gasteiger partial charge in [-0.1, -0.05) is 19.9 Å². The van der Waals surface area contributed by atoms with E-state index in [0.29, 0.717) is 12.0 Å². The van der Waals surface area contributed by atoms with Crippen LogP contribution in [0.3, 0.4) is 0 Å². The lowest BCUT2D eigenvalue weighted by atomic mass is 10.0. The Labute approximate surface area is 126 Å². The van der Waals surface area contributed by atoms with E-state index in [1.54, 1.807) is 0 Å². The Balaban J connectivity index is 2.01. The quantitative estimate of drug-likeness (QED) is 0.895. The molecule has 0 saturated heterocycles. The van der Waals surface area contributed by atoms with Crippen molar-refractivity contribution in [3.63, 3.8) is 0 Å². The van der Waals surface area contributed by atoms with Crippen LogP contribution in [0.25, 0.3) is 0 Å². The maximum atomic E-state index is 4.45. The monoisotopic (exact) mass is 291 g/mol. The second kappa shape index (κ2) is 6.10. The van der Waals surface area contributed by atoms with Crippen molar-refractivity contribution < 1.29 is 0 Å². The fourth-order valence-electron chi connectivity index (χ4n) is 2.18. The fourth-order valence-corrected chi connectivity index (χ4v) is 3.15. The van der Waals surface area contributed by atoms with Crippen molar-refractivity contribution in [2.24, 2.45) is 5.92 Å². The molecule has 0 bridgehead atoms. The highest BCUT2D eigenvalue weighted by Gasteiger charge is 2.17.